The summed E-state index contributed by atoms with van der Waals surface area (Å²) in [4.78, 5) is 53.7. The monoisotopic (exact) mass is 450 g/mol. The molecular weight excluding hydrogens is 424 g/mol. The molecule has 0 spiro atoms. The fraction of sp³-hybridized carbons (Fsp3) is 0.360. The van der Waals surface area contributed by atoms with E-state index in [1.807, 2.05) is 62.4 Å². The van der Waals surface area contributed by atoms with Crippen LogP contribution in [0.15, 0.2) is 48.5 Å². The molecule has 172 valence electrons. The minimum Gasteiger partial charge on any atom is -0.449 e. The van der Waals surface area contributed by atoms with E-state index in [0.29, 0.717) is 5.06 Å². The van der Waals surface area contributed by atoms with Crippen LogP contribution in [0.3, 0.4) is 0 Å². The van der Waals surface area contributed by atoms with Gasteiger partial charge in [-0.15, -0.1) is 5.06 Å². The van der Waals surface area contributed by atoms with E-state index in [1.54, 1.807) is 0 Å². The lowest BCUT2D eigenvalue weighted by Crippen LogP contribution is -2.46. The van der Waals surface area contributed by atoms with E-state index >= 15 is 0 Å². The van der Waals surface area contributed by atoms with Gasteiger partial charge in [0, 0.05) is 18.8 Å². The molecule has 0 saturated carbocycles. The van der Waals surface area contributed by atoms with Gasteiger partial charge in [0.15, 0.2) is 0 Å². The van der Waals surface area contributed by atoms with Gasteiger partial charge in [-0.3, -0.25) is 9.59 Å². The molecule has 1 aliphatic heterocycles. The molecule has 8 heteroatoms. The highest BCUT2D eigenvalue weighted by Gasteiger charge is 2.36. The third kappa shape index (κ3) is 4.74. The number of fused-ring (bicyclic) bond motifs is 3. The van der Waals surface area contributed by atoms with Gasteiger partial charge in [-0.05, 0) is 34.6 Å². The van der Waals surface area contributed by atoms with Crippen molar-refractivity contribution in [2.24, 2.45) is 5.92 Å². The van der Waals surface area contributed by atoms with Gasteiger partial charge in [-0.2, -0.15) is 0 Å². The van der Waals surface area contributed by atoms with E-state index in [-0.39, 0.29) is 37.7 Å². The lowest BCUT2D eigenvalue weighted by molar-refractivity contribution is -0.199. The fourth-order valence-electron chi connectivity index (χ4n) is 4.28. The summed E-state index contributed by atoms with van der Waals surface area (Å²) < 4.78 is 5.51. The predicted molar refractivity (Wildman–Crippen MR) is 119 cm³/mol. The summed E-state index contributed by atoms with van der Waals surface area (Å²) in [7, 11) is 0. The number of alkyl carbamates (subject to hydrolysis) is 1. The first-order chi connectivity index (χ1) is 15.8. The summed E-state index contributed by atoms with van der Waals surface area (Å²) in [5.41, 5.74) is 4.39. The average Bonchev–Trinajstić information content (AvgIpc) is 3.28. The summed E-state index contributed by atoms with van der Waals surface area (Å²) >= 11 is 0. The van der Waals surface area contributed by atoms with Crippen LogP contribution in [-0.2, 0) is 24.0 Å². The maximum Gasteiger partial charge on any atom is 0.407 e. The fourth-order valence-corrected chi connectivity index (χ4v) is 4.28. The number of imide groups is 1. The maximum absolute atomic E-state index is 12.6. The number of ether oxygens (including phenoxy) is 1. The van der Waals surface area contributed by atoms with Crippen molar-refractivity contribution in [3.8, 4) is 11.1 Å². The molecular formula is C25H26N2O6. The highest BCUT2D eigenvalue weighted by atomic mass is 16.7. The molecule has 3 amide bonds. The van der Waals surface area contributed by atoms with Crippen LogP contribution in [0.5, 0.6) is 0 Å². The molecule has 2 aromatic carbocycles. The summed E-state index contributed by atoms with van der Waals surface area (Å²) in [6, 6.07) is 14.9. The first-order valence-corrected chi connectivity index (χ1v) is 11.0. The molecule has 0 radical (unpaired) electrons. The molecule has 2 aromatic rings. The van der Waals surface area contributed by atoms with Crippen molar-refractivity contribution in [1.82, 2.24) is 10.4 Å². The smallest absolute Gasteiger partial charge is 0.407 e. The van der Waals surface area contributed by atoms with Crippen molar-refractivity contribution in [2.45, 2.75) is 45.1 Å². The Morgan fingerprint density at radius 2 is 1.52 bits per heavy atom. The largest absolute Gasteiger partial charge is 0.449 e. The first kappa shape index (κ1) is 22.5. The van der Waals surface area contributed by atoms with Crippen molar-refractivity contribution in [3.05, 3.63) is 59.7 Å². The lowest BCUT2D eigenvalue weighted by Gasteiger charge is -2.22. The minimum absolute atomic E-state index is 0.000761. The highest BCUT2D eigenvalue weighted by Crippen LogP contribution is 2.44. The van der Waals surface area contributed by atoms with Gasteiger partial charge in [-0.25, -0.2) is 9.59 Å². The van der Waals surface area contributed by atoms with Crippen LogP contribution in [-0.4, -0.2) is 41.6 Å². The number of carbonyl (C=O) groups excluding carboxylic acids is 4. The normalized spacial score (nSPS) is 15.9. The van der Waals surface area contributed by atoms with E-state index in [9.17, 15) is 19.2 Å². The second-order valence-corrected chi connectivity index (χ2v) is 8.64. The molecule has 1 aliphatic carbocycles. The quantitative estimate of drug-likeness (QED) is 0.648. The standard InChI is InChI=1S/C25H26N2O6/c1-15(2)13-21(24(30)33-27-22(28)11-12-23(27)29)26-25(31)32-14-20-18-9-5-3-7-16(18)17-8-4-6-10-19(17)20/h3-10,15,20-21H,11-14H2,1-2H3,(H,26,31)/t21-/m0/s1. The van der Waals surface area contributed by atoms with Crippen LogP contribution < -0.4 is 5.32 Å². The van der Waals surface area contributed by atoms with Crippen molar-refractivity contribution < 1.29 is 28.8 Å². The third-order valence-corrected chi connectivity index (χ3v) is 5.81. The van der Waals surface area contributed by atoms with Crippen LogP contribution in [0.25, 0.3) is 11.1 Å². The Hall–Kier alpha value is -3.68. The molecule has 0 bridgehead atoms. The second-order valence-electron chi connectivity index (χ2n) is 8.64. The number of rotatable bonds is 7. The topological polar surface area (TPSA) is 102 Å². The van der Waals surface area contributed by atoms with Gasteiger partial charge in [0.25, 0.3) is 11.8 Å². The molecule has 33 heavy (non-hydrogen) atoms. The SMILES string of the molecule is CC(C)C[C@H](NC(=O)OCC1c2ccccc2-c2ccccc21)C(=O)ON1C(=O)CCC1=O. The molecule has 1 saturated heterocycles. The molecule has 0 unspecified atom stereocenters. The average molecular weight is 450 g/mol. The van der Waals surface area contributed by atoms with E-state index in [2.05, 4.69) is 5.32 Å². The highest BCUT2D eigenvalue weighted by molar-refractivity contribution is 6.01. The summed E-state index contributed by atoms with van der Waals surface area (Å²) in [6.45, 7) is 3.87. The molecule has 1 heterocycles. The van der Waals surface area contributed by atoms with Crippen LogP contribution in [0.2, 0.25) is 0 Å². The van der Waals surface area contributed by atoms with Crippen LogP contribution in [0.1, 0.15) is 50.2 Å². The number of hydroxylamine groups is 2. The summed E-state index contributed by atoms with van der Waals surface area (Å²) in [5.74, 6) is -2.09. The van der Waals surface area contributed by atoms with Gasteiger partial charge >= 0.3 is 12.1 Å². The molecule has 8 nitrogen and oxygen atoms in total. The summed E-state index contributed by atoms with van der Waals surface area (Å²) in [6.07, 6.45) is -0.501. The van der Waals surface area contributed by atoms with Crippen LogP contribution in [0.4, 0.5) is 4.79 Å². The molecule has 4 rings (SSSR count). The zero-order valence-electron chi connectivity index (χ0n) is 18.6. The number of benzene rings is 2. The van der Waals surface area contributed by atoms with Crippen molar-refractivity contribution >= 4 is 23.9 Å². The van der Waals surface area contributed by atoms with Gasteiger partial charge in [0.2, 0.25) is 0 Å². The summed E-state index contributed by atoms with van der Waals surface area (Å²) in [5, 5.41) is 3.02. The predicted octanol–water partition coefficient (Wildman–Crippen LogP) is 3.55. The zero-order chi connectivity index (χ0) is 23.5. The minimum atomic E-state index is -1.05. The molecule has 1 N–H and O–H groups in total. The molecule has 1 atom stereocenters. The number of nitrogens with zero attached hydrogens (tertiary/aromatic N) is 1. The zero-order valence-corrected chi connectivity index (χ0v) is 18.6. The van der Waals surface area contributed by atoms with Crippen LogP contribution in [0, 0.1) is 5.92 Å². The Labute approximate surface area is 191 Å². The number of carbonyl (C=O) groups is 4. The van der Waals surface area contributed by atoms with Gasteiger partial charge in [-0.1, -0.05) is 62.4 Å². The van der Waals surface area contributed by atoms with E-state index in [0.717, 1.165) is 22.3 Å². The third-order valence-electron chi connectivity index (χ3n) is 5.81. The number of amides is 3. The Kier molecular flexibility index (Phi) is 6.44. The van der Waals surface area contributed by atoms with E-state index < -0.39 is 29.9 Å². The lowest BCUT2D eigenvalue weighted by atomic mass is 9.98. The Morgan fingerprint density at radius 1 is 0.970 bits per heavy atom. The van der Waals surface area contributed by atoms with Crippen molar-refractivity contribution in [3.63, 3.8) is 0 Å². The molecule has 1 fully saturated rings. The Bertz CT molecular complexity index is 1030. The van der Waals surface area contributed by atoms with Gasteiger partial charge in [0.1, 0.15) is 12.6 Å². The Morgan fingerprint density at radius 3 is 2.06 bits per heavy atom. The molecule has 2 aliphatic rings. The van der Waals surface area contributed by atoms with Crippen molar-refractivity contribution in [1.29, 1.82) is 0 Å². The first-order valence-electron chi connectivity index (χ1n) is 11.0. The second kappa shape index (κ2) is 9.44. The maximum atomic E-state index is 12.6. The van der Waals surface area contributed by atoms with Crippen LogP contribution >= 0.6 is 0 Å². The van der Waals surface area contributed by atoms with Crippen molar-refractivity contribution in [2.75, 3.05) is 6.61 Å². The number of hydrogen-bond acceptors (Lipinski definition) is 6. The van der Waals surface area contributed by atoms with E-state index in [4.69, 9.17) is 9.57 Å². The van der Waals surface area contributed by atoms with E-state index in [1.165, 1.54) is 0 Å². The van der Waals surface area contributed by atoms with Gasteiger partial charge < -0.3 is 14.9 Å². The Balaban J connectivity index is 1.41. The van der Waals surface area contributed by atoms with Gasteiger partial charge in [0.05, 0.1) is 0 Å². The molecule has 0 aromatic heterocycles. The number of nitrogens with one attached hydrogen (secondary N) is 1. The number of hydrogen-bond donors (Lipinski definition) is 1.